The van der Waals surface area contributed by atoms with Gasteiger partial charge in [-0.15, -0.1) is 0 Å². The Morgan fingerprint density at radius 1 is 1.11 bits per heavy atom. The monoisotopic (exact) mass is 395 g/mol. The van der Waals surface area contributed by atoms with Gasteiger partial charge in [0.1, 0.15) is 0 Å². The van der Waals surface area contributed by atoms with Crippen LogP contribution >= 0.6 is 11.6 Å². The molecule has 7 heteroatoms. The van der Waals surface area contributed by atoms with Gasteiger partial charge in [-0.25, -0.2) is 4.79 Å². The summed E-state index contributed by atoms with van der Waals surface area (Å²) < 4.78 is 0. The number of nitrogens with two attached hydrogens (primary N) is 1. The molecule has 2 aromatic carbocycles. The highest BCUT2D eigenvalue weighted by Crippen LogP contribution is 2.28. The van der Waals surface area contributed by atoms with Crippen LogP contribution in [-0.2, 0) is 6.54 Å². The number of aromatic nitrogens is 1. The maximum atomic E-state index is 12.7. The van der Waals surface area contributed by atoms with Crippen molar-refractivity contribution in [2.45, 2.75) is 6.54 Å². The Bertz CT molecular complexity index is 1000. The first-order chi connectivity index (χ1) is 13.7. The van der Waals surface area contributed by atoms with E-state index in [-0.39, 0.29) is 6.03 Å². The third kappa shape index (κ3) is 3.74. The lowest BCUT2D eigenvalue weighted by Gasteiger charge is -2.36. The molecule has 0 saturated carbocycles. The van der Waals surface area contributed by atoms with Gasteiger partial charge in [0.05, 0.1) is 5.52 Å². The number of pyridine rings is 1. The summed E-state index contributed by atoms with van der Waals surface area (Å²) in [5, 5.41) is 4.73. The summed E-state index contributed by atoms with van der Waals surface area (Å²) >= 11 is 6.09. The molecule has 0 unspecified atom stereocenters. The van der Waals surface area contributed by atoms with Crippen LogP contribution in [0.2, 0.25) is 5.02 Å². The molecular formula is C21H22ClN5O. The van der Waals surface area contributed by atoms with Crippen LogP contribution < -0.4 is 16.0 Å². The zero-order chi connectivity index (χ0) is 19.5. The van der Waals surface area contributed by atoms with Crippen molar-refractivity contribution in [3.63, 3.8) is 0 Å². The predicted octanol–water partition coefficient (Wildman–Crippen LogP) is 3.70. The molecule has 3 N–H and O–H groups in total. The fourth-order valence-electron chi connectivity index (χ4n) is 3.55. The molecule has 0 bridgehead atoms. The van der Waals surface area contributed by atoms with Gasteiger partial charge in [-0.2, -0.15) is 0 Å². The number of carbonyl (C=O) groups excluding carboxylic acids is 1. The van der Waals surface area contributed by atoms with Crippen LogP contribution in [0.25, 0.3) is 10.9 Å². The van der Waals surface area contributed by atoms with Gasteiger partial charge in [-0.3, -0.25) is 4.98 Å². The quantitative estimate of drug-likeness (QED) is 0.709. The van der Waals surface area contributed by atoms with E-state index < -0.39 is 0 Å². The highest BCUT2D eigenvalue weighted by Gasteiger charge is 2.23. The zero-order valence-corrected chi connectivity index (χ0v) is 16.2. The van der Waals surface area contributed by atoms with Crippen LogP contribution in [0, 0.1) is 0 Å². The smallest absolute Gasteiger partial charge is 0.321 e. The first-order valence-electron chi connectivity index (χ1n) is 9.29. The van der Waals surface area contributed by atoms with Crippen LogP contribution in [0.1, 0.15) is 5.56 Å². The van der Waals surface area contributed by atoms with Gasteiger partial charge >= 0.3 is 6.03 Å². The number of benzene rings is 2. The lowest BCUT2D eigenvalue weighted by atomic mass is 10.1. The molecule has 6 nitrogen and oxygen atoms in total. The molecule has 1 saturated heterocycles. The Labute approximate surface area is 168 Å². The number of nitrogens with one attached hydrogen (secondary N) is 1. The maximum Gasteiger partial charge on any atom is 0.321 e. The van der Waals surface area contributed by atoms with Gasteiger partial charge < -0.3 is 20.9 Å². The first-order valence-corrected chi connectivity index (χ1v) is 9.66. The molecule has 4 rings (SSSR count). The number of urea groups is 1. The number of piperazine rings is 1. The second kappa shape index (κ2) is 8.04. The summed E-state index contributed by atoms with van der Waals surface area (Å²) in [7, 11) is 0. The minimum atomic E-state index is -0.0908. The standard InChI is InChI=1S/C21H22ClN5O/c22-16-5-6-17-19(13-16)24-8-7-20(17)26-9-11-27(12-10-26)21(28)25-18-4-2-1-3-15(18)14-23/h1-8,13H,9-12,14,23H2,(H,25,28). The number of halogens is 1. The fraction of sp³-hybridized carbons (Fsp3) is 0.238. The Kier molecular flexibility index (Phi) is 5.32. The number of hydrogen-bond acceptors (Lipinski definition) is 4. The molecule has 2 amide bonds. The van der Waals surface area contributed by atoms with Crippen molar-refractivity contribution in [2.24, 2.45) is 5.73 Å². The predicted molar refractivity (Wildman–Crippen MR) is 114 cm³/mol. The van der Waals surface area contributed by atoms with Gasteiger partial charge in [0, 0.05) is 60.7 Å². The van der Waals surface area contributed by atoms with Crippen molar-refractivity contribution < 1.29 is 4.79 Å². The second-order valence-corrected chi connectivity index (χ2v) is 7.19. The van der Waals surface area contributed by atoms with Gasteiger partial charge in [-0.1, -0.05) is 29.8 Å². The van der Waals surface area contributed by atoms with E-state index in [0.29, 0.717) is 24.7 Å². The molecule has 1 fully saturated rings. The molecule has 0 atom stereocenters. The number of carbonyl (C=O) groups is 1. The van der Waals surface area contributed by atoms with Gasteiger partial charge in [0.2, 0.25) is 0 Å². The van der Waals surface area contributed by atoms with Crippen LogP contribution in [0.4, 0.5) is 16.2 Å². The van der Waals surface area contributed by atoms with Crippen LogP contribution in [-0.4, -0.2) is 42.1 Å². The lowest BCUT2D eigenvalue weighted by molar-refractivity contribution is 0.208. The van der Waals surface area contributed by atoms with Crippen molar-refractivity contribution in [1.29, 1.82) is 0 Å². The summed E-state index contributed by atoms with van der Waals surface area (Å²) in [4.78, 5) is 21.2. The lowest BCUT2D eigenvalue weighted by Crippen LogP contribution is -2.50. The van der Waals surface area contributed by atoms with Crippen LogP contribution in [0.3, 0.4) is 0 Å². The zero-order valence-electron chi connectivity index (χ0n) is 15.4. The Hall–Kier alpha value is -2.83. The number of anilines is 2. The number of amides is 2. The van der Waals surface area contributed by atoms with Crippen LogP contribution in [0.15, 0.2) is 54.7 Å². The van der Waals surface area contributed by atoms with Crippen molar-refractivity contribution in [3.05, 3.63) is 65.3 Å². The summed E-state index contributed by atoms with van der Waals surface area (Å²) in [6.45, 7) is 3.20. The van der Waals surface area contributed by atoms with E-state index in [1.54, 1.807) is 6.20 Å². The van der Waals surface area contributed by atoms with Gasteiger partial charge in [0.15, 0.2) is 0 Å². The van der Waals surface area contributed by atoms with Crippen molar-refractivity contribution in [1.82, 2.24) is 9.88 Å². The number of hydrogen-bond donors (Lipinski definition) is 2. The molecule has 144 valence electrons. The summed E-state index contributed by atoms with van der Waals surface area (Å²) in [5.41, 5.74) is 9.46. The molecular weight excluding hydrogens is 374 g/mol. The van der Waals surface area contributed by atoms with E-state index in [1.807, 2.05) is 53.4 Å². The minimum Gasteiger partial charge on any atom is -0.367 e. The number of fused-ring (bicyclic) bond motifs is 1. The van der Waals surface area contributed by atoms with Crippen LogP contribution in [0.5, 0.6) is 0 Å². The van der Waals surface area contributed by atoms with E-state index in [1.165, 1.54) is 0 Å². The normalized spacial score (nSPS) is 14.4. The molecule has 0 aliphatic carbocycles. The Morgan fingerprint density at radius 3 is 2.68 bits per heavy atom. The third-order valence-corrected chi connectivity index (χ3v) is 5.30. The molecule has 3 aromatic rings. The fourth-order valence-corrected chi connectivity index (χ4v) is 3.71. The van der Waals surface area contributed by atoms with Gasteiger partial charge in [-0.05, 0) is 35.9 Å². The minimum absolute atomic E-state index is 0.0908. The molecule has 0 spiro atoms. The summed E-state index contributed by atoms with van der Waals surface area (Å²) in [6.07, 6.45) is 1.80. The molecule has 28 heavy (non-hydrogen) atoms. The van der Waals surface area contributed by atoms with Gasteiger partial charge in [0.25, 0.3) is 0 Å². The highest BCUT2D eigenvalue weighted by atomic mass is 35.5. The molecule has 1 aliphatic rings. The third-order valence-electron chi connectivity index (χ3n) is 5.07. The Morgan fingerprint density at radius 2 is 1.89 bits per heavy atom. The first kappa shape index (κ1) is 18.5. The average Bonchev–Trinajstić information content (AvgIpc) is 2.73. The van der Waals surface area contributed by atoms with Crippen molar-refractivity contribution in [3.8, 4) is 0 Å². The molecule has 2 heterocycles. The molecule has 1 aliphatic heterocycles. The second-order valence-electron chi connectivity index (χ2n) is 6.76. The number of rotatable bonds is 3. The largest absolute Gasteiger partial charge is 0.367 e. The van der Waals surface area contributed by atoms with E-state index in [0.717, 1.165) is 40.9 Å². The van der Waals surface area contributed by atoms with Crippen molar-refractivity contribution in [2.75, 3.05) is 36.4 Å². The summed E-state index contributed by atoms with van der Waals surface area (Å²) in [5.74, 6) is 0. The van der Waals surface area contributed by atoms with E-state index in [2.05, 4.69) is 15.2 Å². The van der Waals surface area contributed by atoms with E-state index in [9.17, 15) is 4.79 Å². The molecule has 1 aromatic heterocycles. The van der Waals surface area contributed by atoms with E-state index in [4.69, 9.17) is 17.3 Å². The number of nitrogens with zero attached hydrogens (tertiary/aromatic N) is 3. The average molecular weight is 396 g/mol. The number of para-hydroxylation sites is 1. The molecule has 0 radical (unpaired) electrons. The maximum absolute atomic E-state index is 12.7. The highest BCUT2D eigenvalue weighted by molar-refractivity contribution is 6.31. The topological polar surface area (TPSA) is 74.5 Å². The van der Waals surface area contributed by atoms with Crippen molar-refractivity contribution >= 4 is 39.9 Å². The summed E-state index contributed by atoms with van der Waals surface area (Å²) in [6, 6.07) is 15.3. The SMILES string of the molecule is NCc1ccccc1NC(=O)N1CCN(c2ccnc3cc(Cl)ccc23)CC1. The Balaban J connectivity index is 1.44. The van der Waals surface area contributed by atoms with E-state index >= 15 is 0 Å².